The van der Waals surface area contributed by atoms with Crippen LogP contribution in [0.1, 0.15) is 38.2 Å². The highest BCUT2D eigenvalue weighted by Gasteiger charge is 2.27. The van der Waals surface area contributed by atoms with Crippen molar-refractivity contribution in [3.63, 3.8) is 0 Å². The average Bonchev–Trinajstić information content (AvgIpc) is 3.05. The summed E-state index contributed by atoms with van der Waals surface area (Å²) in [5, 5.41) is 0. The van der Waals surface area contributed by atoms with Gasteiger partial charge in [0.15, 0.2) is 0 Å². The first kappa shape index (κ1) is 18.6. The molecule has 0 saturated heterocycles. The molecule has 1 aromatic rings. The maximum Gasteiger partial charge on any atom is 0.119 e. The summed E-state index contributed by atoms with van der Waals surface area (Å²) in [6.07, 6.45) is 6.22. The van der Waals surface area contributed by atoms with Crippen molar-refractivity contribution in [2.75, 3.05) is 27.1 Å². The Kier molecular flexibility index (Phi) is 7.21. The minimum absolute atomic E-state index is 0.387. The molecular weight excluding hydrogens is 312 g/mol. The van der Waals surface area contributed by atoms with E-state index in [0.29, 0.717) is 12.0 Å². The van der Waals surface area contributed by atoms with Crippen molar-refractivity contribution in [1.82, 2.24) is 0 Å². The summed E-state index contributed by atoms with van der Waals surface area (Å²) in [5.41, 5.74) is 1.24. The van der Waals surface area contributed by atoms with Gasteiger partial charge < -0.3 is 4.74 Å². The Balaban J connectivity index is 1.89. The number of ether oxygens (including phenoxy) is 1. The smallest absolute Gasteiger partial charge is 0.119 e. The highest BCUT2D eigenvalue weighted by molar-refractivity contribution is 8.21. The van der Waals surface area contributed by atoms with E-state index in [9.17, 15) is 0 Å². The molecule has 1 fully saturated rings. The first-order valence-electron chi connectivity index (χ1n) is 8.39. The quantitative estimate of drug-likeness (QED) is 0.653. The molecule has 0 aromatic heterocycles. The minimum atomic E-state index is -1.88. The largest absolute Gasteiger partial charge is 0.490 e. The molecule has 0 spiro atoms. The van der Waals surface area contributed by atoms with Crippen LogP contribution in [-0.2, 0) is 19.0 Å². The lowest BCUT2D eigenvalue weighted by Gasteiger charge is -2.33. The molecular formula is C18H30O4S. The Bertz CT molecular complexity index is 450. The molecule has 2 unspecified atom stereocenters. The van der Waals surface area contributed by atoms with E-state index in [2.05, 4.69) is 31.2 Å². The molecule has 23 heavy (non-hydrogen) atoms. The third-order valence-electron chi connectivity index (χ3n) is 4.73. The van der Waals surface area contributed by atoms with E-state index in [1.54, 1.807) is 21.3 Å². The van der Waals surface area contributed by atoms with Crippen molar-refractivity contribution in [3.05, 3.63) is 29.8 Å². The molecule has 0 N–H and O–H groups in total. The van der Waals surface area contributed by atoms with Crippen LogP contribution in [0, 0.1) is 5.92 Å². The summed E-state index contributed by atoms with van der Waals surface area (Å²) in [6.45, 7) is 2.26. The van der Waals surface area contributed by atoms with Gasteiger partial charge in [-0.25, -0.2) is 0 Å². The molecule has 0 heterocycles. The molecule has 2 atom stereocenters. The second kappa shape index (κ2) is 8.92. The van der Waals surface area contributed by atoms with Crippen LogP contribution in [0.5, 0.6) is 5.75 Å². The number of aryl methyl sites for hydroxylation is 1. The Hall–Kier alpha value is -0.750. The van der Waals surface area contributed by atoms with Crippen molar-refractivity contribution in [3.8, 4) is 5.75 Å². The third-order valence-corrected chi connectivity index (χ3v) is 6.95. The molecule has 4 nitrogen and oxygen atoms in total. The summed E-state index contributed by atoms with van der Waals surface area (Å²) in [5.74, 6) is 2.41. The summed E-state index contributed by atoms with van der Waals surface area (Å²) >= 11 is 0. The molecule has 1 saturated carbocycles. The van der Waals surface area contributed by atoms with E-state index in [1.807, 2.05) is 0 Å². The molecule has 1 aliphatic carbocycles. The summed E-state index contributed by atoms with van der Waals surface area (Å²) in [6, 6.07) is 8.39. The van der Waals surface area contributed by atoms with Crippen molar-refractivity contribution in [2.45, 2.75) is 45.1 Å². The zero-order valence-corrected chi connectivity index (χ0v) is 15.6. The molecule has 5 heteroatoms. The fourth-order valence-corrected chi connectivity index (χ4v) is 4.63. The van der Waals surface area contributed by atoms with Crippen LogP contribution in [0.3, 0.4) is 0 Å². The first-order chi connectivity index (χ1) is 11.2. The topological polar surface area (TPSA) is 36.9 Å². The van der Waals surface area contributed by atoms with Crippen LogP contribution in [0.2, 0.25) is 0 Å². The Morgan fingerprint density at radius 2 is 1.65 bits per heavy atom. The van der Waals surface area contributed by atoms with Gasteiger partial charge in [-0.3, -0.25) is 12.5 Å². The van der Waals surface area contributed by atoms with E-state index >= 15 is 0 Å². The minimum Gasteiger partial charge on any atom is -0.490 e. The highest BCUT2D eigenvalue weighted by atomic mass is 32.3. The predicted molar refractivity (Wildman–Crippen MR) is 95.7 cm³/mol. The van der Waals surface area contributed by atoms with Crippen molar-refractivity contribution < 1.29 is 17.3 Å². The molecule has 0 aliphatic heterocycles. The first-order valence-corrected chi connectivity index (χ1v) is 9.97. The molecule has 1 aliphatic rings. The summed E-state index contributed by atoms with van der Waals surface area (Å²) in [4.78, 5) is 0. The SMILES string of the molecule is CCC1CCCC1Oc1ccc(CCS(OC)(OC)OC)cc1. The van der Waals surface area contributed by atoms with Crippen molar-refractivity contribution >= 4 is 10.9 Å². The van der Waals surface area contributed by atoms with Gasteiger partial charge in [0.1, 0.15) is 11.9 Å². The van der Waals surface area contributed by atoms with Crippen LogP contribution >= 0.6 is 10.9 Å². The fourth-order valence-electron chi connectivity index (χ4n) is 3.23. The third kappa shape index (κ3) is 4.86. The summed E-state index contributed by atoms with van der Waals surface area (Å²) < 4.78 is 22.4. The fraction of sp³-hybridized carbons (Fsp3) is 0.667. The highest BCUT2D eigenvalue weighted by Crippen LogP contribution is 2.49. The van der Waals surface area contributed by atoms with Gasteiger partial charge >= 0.3 is 0 Å². The van der Waals surface area contributed by atoms with Crippen LogP contribution in [0.25, 0.3) is 0 Å². The Morgan fingerprint density at radius 1 is 1.00 bits per heavy atom. The van der Waals surface area contributed by atoms with Gasteiger partial charge in [0.2, 0.25) is 0 Å². The second-order valence-electron chi connectivity index (χ2n) is 5.91. The van der Waals surface area contributed by atoms with Gasteiger partial charge in [-0.05, 0) is 55.7 Å². The zero-order chi connectivity index (χ0) is 16.7. The van der Waals surface area contributed by atoms with Crippen LogP contribution in [-0.4, -0.2) is 33.2 Å². The van der Waals surface area contributed by atoms with E-state index in [1.165, 1.54) is 31.2 Å². The number of rotatable bonds is 9. The van der Waals surface area contributed by atoms with Gasteiger partial charge in [-0.2, -0.15) is 0 Å². The molecule has 2 rings (SSSR count). The number of hydrogen-bond acceptors (Lipinski definition) is 4. The van der Waals surface area contributed by atoms with Crippen molar-refractivity contribution in [1.29, 1.82) is 0 Å². The molecule has 1 aromatic carbocycles. The van der Waals surface area contributed by atoms with E-state index in [0.717, 1.165) is 17.9 Å². The van der Waals surface area contributed by atoms with Gasteiger partial charge in [0.25, 0.3) is 0 Å². The van der Waals surface area contributed by atoms with Gasteiger partial charge in [0, 0.05) is 0 Å². The van der Waals surface area contributed by atoms with E-state index in [-0.39, 0.29) is 0 Å². The van der Waals surface area contributed by atoms with Gasteiger partial charge in [-0.15, -0.1) is 0 Å². The second-order valence-corrected chi connectivity index (χ2v) is 8.43. The monoisotopic (exact) mass is 342 g/mol. The number of benzene rings is 1. The van der Waals surface area contributed by atoms with Gasteiger partial charge in [0.05, 0.1) is 38.0 Å². The van der Waals surface area contributed by atoms with E-state index in [4.69, 9.17) is 17.3 Å². The van der Waals surface area contributed by atoms with E-state index < -0.39 is 10.9 Å². The Labute approximate surface area is 142 Å². The normalized spacial score (nSPS) is 22.3. The molecule has 132 valence electrons. The van der Waals surface area contributed by atoms with Crippen LogP contribution in [0.4, 0.5) is 0 Å². The average molecular weight is 343 g/mol. The van der Waals surface area contributed by atoms with Crippen LogP contribution in [0.15, 0.2) is 24.3 Å². The standard InChI is InChI=1S/C18H30O4S/c1-5-16-7-6-8-18(16)22-17-11-9-15(10-12-17)13-14-23(19-2,20-3)21-4/h9-12,16,18H,5-8,13-14H2,1-4H3. The lowest BCUT2D eigenvalue weighted by molar-refractivity contribution is 0.156. The molecule has 0 bridgehead atoms. The van der Waals surface area contributed by atoms with Crippen LogP contribution < -0.4 is 4.74 Å². The zero-order valence-electron chi connectivity index (χ0n) is 14.7. The number of hydrogen-bond donors (Lipinski definition) is 0. The predicted octanol–water partition coefficient (Wildman–Crippen LogP) is 4.68. The maximum atomic E-state index is 6.17. The summed E-state index contributed by atoms with van der Waals surface area (Å²) in [7, 11) is 3.01. The Morgan fingerprint density at radius 3 is 2.22 bits per heavy atom. The molecule has 0 amide bonds. The van der Waals surface area contributed by atoms with Gasteiger partial charge in [-0.1, -0.05) is 19.1 Å². The maximum absolute atomic E-state index is 6.17. The lowest BCUT2D eigenvalue weighted by atomic mass is 10.0. The molecule has 0 radical (unpaired) electrons. The van der Waals surface area contributed by atoms with Crippen molar-refractivity contribution in [2.24, 2.45) is 5.92 Å². The lowest BCUT2D eigenvalue weighted by Crippen LogP contribution is -2.20.